The SMILES string of the molecule is CCC(C)N(CCOC)c1cccc(OC)c1[C@@H](C)O. The molecule has 0 aliphatic carbocycles. The molecular weight excluding hydrogens is 254 g/mol. The molecule has 0 radical (unpaired) electrons. The molecule has 0 fully saturated rings. The van der Waals surface area contributed by atoms with Crippen LogP contribution in [-0.4, -0.2) is 38.5 Å². The van der Waals surface area contributed by atoms with Crippen LogP contribution in [0.15, 0.2) is 18.2 Å². The van der Waals surface area contributed by atoms with E-state index in [4.69, 9.17) is 9.47 Å². The minimum atomic E-state index is -0.574. The van der Waals surface area contributed by atoms with Crippen molar-refractivity contribution in [3.05, 3.63) is 23.8 Å². The predicted octanol–water partition coefficient (Wildman–Crippen LogP) is 3.00. The molecular formula is C16H27NO3. The van der Waals surface area contributed by atoms with Gasteiger partial charge in [0.15, 0.2) is 0 Å². The molecule has 0 heterocycles. The van der Waals surface area contributed by atoms with E-state index in [2.05, 4.69) is 18.7 Å². The van der Waals surface area contributed by atoms with Gasteiger partial charge in [-0.1, -0.05) is 13.0 Å². The van der Waals surface area contributed by atoms with Crippen LogP contribution in [0.1, 0.15) is 38.9 Å². The maximum absolute atomic E-state index is 10.1. The van der Waals surface area contributed by atoms with Gasteiger partial charge in [-0.15, -0.1) is 0 Å². The van der Waals surface area contributed by atoms with E-state index in [1.165, 1.54) is 0 Å². The van der Waals surface area contributed by atoms with E-state index < -0.39 is 6.10 Å². The minimum Gasteiger partial charge on any atom is -0.496 e. The average molecular weight is 281 g/mol. The highest BCUT2D eigenvalue weighted by Crippen LogP contribution is 2.35. The summed E-state index contributed by atoms with van der Waals surface area (Å²) in [6, 6.07) is 6.25. The monoisotopic (exact) mass is 281 g/mol. The number of aliphatic hydroxyl groups excluding tert-OH is 1. The Labute approximate surface area is 122 Å². The van der Waals surface area contributed by atoms with Crippen LogP contribution >= 0.6 is 0 Å². The van der Waals surface area contributed by atoms with Crippen molar-refractivity contribution in [2.24, 2.45) is 0 Å². The first-order chi connectivity index (χ1) is 9.56. The summed E-state index contributed by atoms with van der Waals surface area (Å²) in [6.45, 7) is 7.55. The molecule has 20 heavy (non-hydrogen) atoms. The van der Waals surface area contributed by atoms with Crippen molar-refractivity contribution in [2.45, 2.75) is 39.3 Å². The molecule has 0 saturated carbocycles. The van der Waals surface area contributed by atoms with Gasteiger partial charge in [-0.2, -0.15) is 0 Å². The van der Waals surface area contributed by atoms with Gasteiger partial charge in [-0.05, 0) is 32.4 Å². The number of methoxy groups -OCH3 is 2. The number of benzene rings is 1. The predicted molar refractivity (Wildman–Crippen MR) is 82.6 cm³/mol. The zero-order valence-electron chi connectivity index (χ0n) is 13.2. The molecule has 1 unspecified atom stereocenters. The van der Waals surface area contributed by atoms with E-state index in [1.54, 1.807) is 21.1 Å². The molecule has 0 amide bonds. The topological polar surface area (TPSA) is 41.9 Å². The summed E-state index contributed by atoms with van der Waals surface area (Å²) < 4.78 is 10.6. The Bertz CT molecular complexity index is 407. The lowest BCUT2D eigenvalue weighted by atomic mass is 10.0. The summed E-state index contributed by atoms with van der Waals surface area (Å²) in [6.07, 6.45) is 0.454. The quantitative estimate of drug-likeness (QED) is 0.795. The number of aliphatic hydroxyl groups is 1. The highest BCUT2D eigenvalue weighted by Gasteiger charge is 2.21. The van der Waals surface area contributed by atoms with Crippen LogP contribution in [0.5, 0.6) is 5.75 Å². The van der Waals surface area contributed by atoms with Gasteiger partial charge in [-0.25, -0.2) is 0 Å². The van der Waals surface area contributed by atoms with Crippen LogP contribution in [-0.2, 0) is 4.74 Å². The van der Waals surface area contributed by atoms with Gasteiger partial charge in [0.25, 0.3) is 0 Å². The number of ether oxygens (including phenoxy) is 2. The van der Waals surface area contributed by atoms with Gasteiger partial charge in [0.05, 0.1) is 19.8 Å². The Kier molecular flexibility index (Phi) is 6.82. The minimum absolute atomic E-state index is 0.370. The summed E-state index contributed by atoms with van der Waals surface area (Å²) in [5.41, 5.74) is 1.86. The van der Waals surface area contributed by atoms with Gasteiger partial charge in [0, 0.05) is 30.9 Å². The molecule has 1 N–H and O–H groups in total. The Morgan fingerprint density at radius 3 is 2.45 bits per heavy atom. The number of anilines is 1. The van der Waals surface area contributed by atoms with Crippen LogP contribution in [0, 0.1) is 0 Å². The Morgan fingerprint density at radius 2 is 1.95 bits per heavy atom. The number of hydrogen-bond acceptors (Lipinski definition) is 4. The molecule has 1 aromatic carbocycles. The van der Waals surface area contributed by atoms with Crippen molar-refractivity contribution in [2.75, 3.05) is 32.3 Å². The second kappa shape index (κ2) is 8.12. The first kappa shape index (κ1) is 16.8. The van der Waals surface area contributed by atoms with E-state index >= 15 is 0 Å². The molecule has 114 valence electrons. The second-order valence-electron chi connectivity index (χ2n) is 5.01. The molecule has 2 atom stereocenters. The molecule has 0 bridgehead atoms. The summed E-state index contributed by atoms with van der Waals surface area (Å²) in [5.74, 6) is 0.725. The Balaban J connectivity index is 3.24. The standard InChI is InChI=1S/C16H27NO3/c1-6-12(2)17(10-11-19-4)14-8-7-9-15(20-5)16(14)13(3)18/h7-9,12-13,18H,6,10-11H2,1-5H3/t12?,13-/m1/s1. The van der Waals surface area contributed by atoms with Gasteiger partial charge in [0.1, 0.15) is 5.75 Å². The summed E-state index contributed by atoms with van der Waals surface area (Å²) in [4.78, 5) is 2.27. The highest BCUT2D eigenvalue weighted by atomic mass is 16.5. The normalized spacial score (nSPS) is 13.9. The van der Waals surface area contributed by atoms with E-state index in [0.717, 1.165) is 30.0 Å². The zero-order chi connectivity index (χ0) is 15.1. The fraction of sp³-hybridized carbons (Fsp3) is 0.625. The largest absolute Gasteiger partial charge is 0.496 e. The van der Waals surface area contributed by atoms with Crippen molar-refractivity contribution in [3.63, 3.8) is 0 Å². The lowest BCUT2D eigenvalue weighted by Crippen LogP contribution is -2.36. The van der Waals surface area contributed by atoms with Crippen LogP contribution in [0.3, 0.4) is 0 Å². The molecule has 0 aliphatic rings. The molecule has 1 rings (SSSR count). The molecule has 0 saturated heterocycles. The summed E-state index contributed by atoms with van der Waals surface area (Å²) >= 11 is 0. The molecule has 0 aliphatic heterocycles. The van der Waals surface area contributed by atoms with Crippen molar-refractivity contribution in [1.82, 2.24) is 0 Å². The van der Waals surface area contributed by atoms with E-state index in [9.17, 15) is 5.11 Å². The maximum Gasteiger partial charge on any atom is 0.126 e. The fourth-order valence-electron chi connectivity index (χ4n) is 2.37. The second-order valence-corrected chi connectivity index (χ2v) is 5.01. The third-order valence-corrected chi connectivity index (χ3v) is 3.65. The first-order valence-corrected chi connectivity index (χ1v) is 7.17. The third-order valence-electron chi connectivity index (χ3n) is 3.65. The maximum atomic E-state index is 10.1. The van der Waals surface area contributed by atoms with Crippen molar-refractivity contribution in [1.29, 1.82) is 0 Å². The van der Waals surface area contributed by atoms with E-state index in [-0.39, 0.29) is 0 Å². The molecule has 4 heteroatoms. The molecule has 1 aromatic rings. The smallest absolute Gasteiger partial charge is 0.126 e. The first-order valence-electron chi connectivity index (χ1n) is 7.17. The van der Waals surface area contributed by atoms with Crippen molar-refractivity contribution in [3.8, 4) is 5.75 Å². The fourth-order valence-corrected chi connectivity index (χ4v) is 2.37. The molecule has 4 nitrogen and oxygen atoms in total. The lowest BCUT2D eigenvalue weighted by molar-refractivity contribution is 0.192. The van der Waals surface area contributed by atoms with E-state index in [0.29, 0.717) is 12.6 Å². The van der Waals surface area contributed by atoms with Crippen molar-refractivity contribution >= 4 is 5.69 Å². The number of rotatable bonds is 8. The average Bonchev–Trinajstić information content (AvgIpc) is 2.46. The van der Waals surface area contributed by atoms with Gasteiger partial charge >= 0.3 is 0 Å². The van der Waals surface area contributed by atoms with Crippen LogP contribution in [0.25, 0.3) is 0 Å². The third kappa shape index (κ3) is 3.87. The van der Waals surface area contributed by atoms with Gasteiger partial charge in [-0.3, -0.25) is 0 Å². The summed E-state index contributed by atoms with van der Waals surface area (Å²) in [5, 5.41) is 10.1. The number of hydrogen-bond donors (Lipinski definition) is 1. The summed E-state index contributed by atoms with van der Waals surface area (Å²) in [7, 11) is 3.34. The van der Waals surface area contributed by atoms with E-state index in [1.807, 2.05) is 18.2 Å². The van der Waals surface area contributed by atoms with Crippen LogP contribution in [0.4, 0.5) is 5.69 Å². The lowest BCUT2D eigenvalue weighted by Gasteiger charge is -2.33. The Hall–Kier alpha value is -1.26. The molecule has 0 spiro atoms. The molecule has 0 aromatic heterocycles. The van der Waals surface area contributed by atoms with Crippen LogP contribution < -0.4 is 9.64 Å². The number of nitrogens with zero attached hydrogens (tertiary/aromatic N) is 1. The van der Waals surface area contributed by atoms with Crippen molar-refractivity contribution < 1.29 is 14.6 Å². The van der Waals surface area contributed by atoms with Gasteiger partial charge in [0.2, 0.25) is 0 Å². The van der Waals surface area contributed by atoms with Gasteiger partial charge < -0.3 is 19.5 Å². The zero-order valence-corrected chi connectivity index (χ0v) is 13.2. The Morgan fingerprint density at radius 1 is 1.25 bits per heavy atom. The van der Waals surface area contributed by atoms with Crippen LogP contribution in [0.2, 0.25) is 0 Å². The highest BCUT2D eigenvalue weighted by molar-refractivity contribution is 5.61.